The molecular formula is C28H33N5O4S. The minimum atomic E-state index is -3.72. The summed E-state index contributed by atoms with van der Waals surface area (Å²) >= 11 is 0. The molecule has 3 aromatic carbocycles. The summed E-state index contributed by atoms with van der Waals surface area (Å²) in [6.07, 6.45) is 1.98. The number of benzene rings is 3. The van der Waals surface area contributed by atoms with Crippen LogP contribution in [0.15, 0.2) is 95.1 Å². The highest BCUT2D eigenvalue weighted by Gasteiger charge is 2.20. The van der Waals surface area contributed by atoms with Gasteiger partial charge in [0, 0.05) is 47.0 Å². The van der Waals surface area contributed by atoms with Crippen molar-refractivity contribution in [2.24, 2.45) is 10.9 Å². The number of rotatable bonds is 11. The van der Waals surface area contributed by atoms with Gasteiger partial charge in [-0.25, -0.2) is 8.42 Å². The lowest BCUT2D eigenvalue weighted by Crippen LogP contribution is -2.42. The summed E-state index contributed by atoms with van der Waals surface area (Å²) in [7, 11) is -3.72. The maximum atomic E-state index is 12.6. The molecule has 10 heteroatoms. The molecule has 0 radical (unpaired) electrons. The van der Waals surface area contributed by atoms with Gasteiger partial charge in [0.2, 0.25) is 0 Å². The lowest BCUT2D eigenvalue weighted by molar-refractivity contribution is 0.158. The highest BCUT2D eigenvalue weighted by molar-refractivity contribution is 7.92. The van der Waals surface area contributed by atoms with E-state index >= 15 is 0 Å². The van der Waals surface area contributed by atoms with Crippen LogP contribution in [0.25, 0.3) is 10.9 Å². The predicted octanol–water partition coefficient (Wildman–Crippen LogP) is 4.03. The van der Waals surface area contributed by atoms with Gasteiger partial charge in [-0.05, 0) is 74.4 Å². The summed E-state index contributed by atoms with van der Waals surface area (Å²) in [6.45, 7) is 5.20. The largest absolute Gasteiger partial charge is 0.409 e. The molecule has 0 saturated heterocycles. The molecule has 0 saturated carbocycles. The number of hydrogen-bond donors (Lipinski definition) is 5. The third-order valence-corrected chi connectivity index (χ3v) is 7.90. The molecule has 0 unspecified atom stereocenters. The second kappa shape index (κ2) is 11.3. The fraction of sp³-hybridized carbons (Fsp3) is 0.250. The summed E-state index contributed by atoms with van der Waals surface area (Å²) in [6, 6.07) is 22.6. The van der Waals surface area contributed by atoms with Gasteiger partial charge < -0.3 is 25.9 Å². The molecule has 1 aromatic heterocycles. The first-order valence-corrected chi connectivity index (χ1v) is 13.7. The average Bonchev–Trinajstić information content (AvgIpc) is 3.33. The number of β-amino-alcohol motifs (C(OH)–C–C–N with tert-alkyl or cyclic N) is 1. The normalized spacial score (nSPS) is 13.5. The van der Waals surface area contributed by atoms with Crippen LogP contribution >= 0.6 is 0 Å². The van der Waals surface area contributed by atoms with Gasteiger partial charge in [0.25, 0.3) is 10.0 Å². The van der Waals surface area contributed by atoms with Crippen LogP contribution in [0.2, 0.25) is 0 Å². The molecule has 1 heterocycles. The number of sulfonamides is 1. The van der Waals surface area contributed by atoms with Crippen molar-refractivity contribution in [2.75, 3.05) is 11.3 Å². The second-order valence-electron chi connectivity index (χ2n) is 9.84. The van der Waals surface area contributed by atoms with Crippen molar-refractivity contribution in [2.45, 2.75) is 43.4 Å². The fourth-order valence-corrected chi connectivity index (χ4v) is 5.29. The van der Waals surface area contributed by atoms with E-state index in [0.29, 0.717) is 23.4 Å². The molecule has 6 N–H and O–H groups in total. The van der Waals surface area contributed by atoms with Crippen LogP contribution in [-0.4, -0.2) is 41.2 Å². The Bertz CT molecular complexity index is 1530. The van der Waals surface area contributed by atoms with Gasteiger partial charge in [0.1, 0.15) is 0 Å². The summed E-state index contributed by atoms with van der Waals surface area (Å²) in [4.78, 5) is 0.174. The van der Waals surface area contributed by atoms with Crippen LogP contribution < -0.4 is 15.8 Å². The average molecular weight is 536 g/mol. The number of nitrogens with zero attached hydrogens (tertiary/aromatic N) is 2. The molecule has 9 nitrogen and oxygen atoms in total. The monoisotopic (exact) mass is 535 g/mol. The number of aliphatic hydroxyl groups excluding tert-OH is 1. The first kappa shape index (κ1) is 27.2. The fourth-order valence-electron chi connectivity index (χ4n) is 4.21. The zero-order valence-electron chi connectivity index (χ0n) is 21.4. The molecule has 4 rings (SSSR count). The van der Waals surface area contributed by atoms with Crippen molar-refractivity contribution in [1.82, 2.24) is 9.88 Å². The van der Waals surface area contributed by atoms with Crippen molar-refractivity contribution in [3.8, 4) is 0 Å². The maximum absolute atomic E-state index is 12.6. The van der Waals surface area contributed by atoms with Crippen LogP contribution in [0, 0.1) is 0 Å². The topological polar surface area (TPSA) is 142 Å². The zero-order chi connectivity index (χ0) is 27.3. The molecule has 0 fully saturated rings. The lowest BCUT2D eigenvalue weighted by atomic mass is 9.99. The molecular weight excluding hydrogens is 502 g/mol. The van der Waals surface area contributed by atoms with Crippen LogP contribution in [0.3, 0.4) is 0 Å². The predicted molar refractivity (Wildman–Crippen MR) is 150 cm³/mol. The molecule has 0 amide bonds. The van der Waals surface area contributed by atoms with E-state index in [2.05, 4.69) is 33.6 Å². The van der Waals surface area contributed by atoms with Gasteiger partial charge in [-0.2, -0.15) is 0 Å². The van der Waals surface area contributed by atoms with E-state index in [9.17, 15) is 13.5 Å². The maximum Gasteiger partial charge on any atom is 0.261 e. The smallest absolute Gasteiger partial charge is 0.261 e. The number of aromatic nitrogens is 1. The number of oxime groups is 1. The van der Waals surface area contributed by atoms with Crippen molar-refractivity contribution in [1.29, 1.82) is 0 Å². The van der Waals surface area contributed by atoms with Crippen LogP contribution in [0.1, 0.15) is 37.5 Å². The summed E-state index contributed by atoms with van der Waals surface area (Å²) in [5, 5.41) is 27.2. The lowest BCUT2D eigenvalue weighted by Gasteiger charge is -2.28. The molecule has 0 spiro atoms. The SMILES string of the molecule is CC(C)(CCn1ccc2cc(/C(N)=N/O)ccc21)NC[C@H](O)c1cccc(NS(=O)(=O)c2ccccc2)c1. The Morgan fingerprint density at radius 1 is 1.05 bits per heavy atom. The Morgan fingerprint density at radius 2 is 1.82 bits per heavy atom. The molecule has 38 heavy (non-hydrogen) atoms. The third kappa shape index (κ3) is 6.52. The molecule has 200 valence electrons. The molecule has 0 aliphatic rings. The van der Waals surface area contributed by atoms with Gasteiger partial charge >= 0.3 is 0 Å². The highest BCUT2D eigenvalue weighted by Crippen LogP contribution is 2.23. The Hall–Kier alpha value is -3.86. The first-order chi connectivity index (χ1) is 18.1. The van der Waals surface area contributed by atoms with Crippen molar-refractivity contribution in [3.05, 3.63) is 96.2 Å². The van der Waals surface area contributed by atoms with Gasteiger partial charge in [0.05, 0.1) is 11.0 Å². The molecule has 1 atom stereocenters. The van der Waals surface area contributed by atoms with Gasteiger partial charge in [-0.15, -0.1) is 0 Å². The number of hydrogen-bond acceptors (Lipinski definition) is 6. The highest BCUT2D eigenvalue weighted by atomic mass is 32.2. The minimum absolute atomic E-state index is 0.0719. The zero-order valence-corrected chi connectivity index (χ0v) is 22.2. The van der Waals surface area contributed by atoms with E-state index < -0.39 is 16.1 Å². The number of fused-ring (bicyclic) bond motifs is 1. The standard InChI is InChI=1S/C28H33N5O4S/c1-28(2,14-16-33-15-13-20-17-22(27(29)31-35)11-12-25(20)33)30-19-26(34)21-7-6-8-23(18-21)32-38(36,37)24-9-4-3-5-10-24/h3-13,15,17-18,26,30,32,34-35H,14,16,19H2,1-2H3,(H2,29,31)/t26-/m0/s1. The summed E-state index contributed by atoms with van der Waals surface area (Å²) < 4.78 is 30.0. The number of nitrogens with two attached hydrogens (primary N) is 1. The number of nitrogens with one attached hydrogen (secondary N) is 2. The Kier molecular flexibility index (Phi) is 8.05. The quantitative estimate of drug-likeness (QED) is 0.0850. The molecule has 4 aromatic rings. The van der Waals surface area contributed by atoms with Gasteiger partial charge in [-0.3, -0.25) is 4.72 Å². The molecule has 0 bridgehead atoms. The number of aryl methyl sites for hydroxylation is 1. The van der Waals surface area contributed by atoms with E-state index in [1.165, 1.54) is 12.1 Å². The van der Waals surface area contributed by atoms with Gasteiger partial charge in [-0.1, -0.05) is 35.5 Å². The molecule has 0 aliphatic carbocycles. The van der Waals surface area contributed by atoms with E-state index in [1.54, 1.807) is 42.5 Å². The number of anilines is 1. The van der Waals surface area contributed by atoms with E-state index in [0.717, 1.165) is 23.9 Å². The summed E-state index contributed by atoms with van der Waals surface area (Å²) in [5.41, 5.74) is 8.12. The van der Waals surface area contributed by atoms with Crippen molar-refractivity contribution < 1.29 is 18.7 Å². The van der Waals surface area contributed by atoms with Crippen LogP contribution in [0.5, 0.6) is 0 Å². The Morgan fingerprint density at radius 3 is 2.55 bits per heavy atom. The van der Waals surface area contributed by atoms with Crippen molar-refractivity contribution in [3.63, 3.8) is 0 Å². The van der Waals surface area contributed by atoms with Gasteiger partial charge in [0.15, 0.2) is 5.84 Å². The Balaban J connectivity index is 1.35. The third-order valence-electron chi connectivity index (χ3n) is 6.50. The number of amidine groups is 1. The van der Waals surface area contributed by atoms with Crippen molar-refractivity contribution >= 4 is 32.4 Å². The van der Waals surface area contributed by atoms with E-state index in [-0.39, 0.29) is 16.3 Å². The summed E-state index contributed by atoms with van der Waals surface area (Å²) in [5.74, 6) is 0.0719. The van der Waals surface area contributed by atoms with E-state index in [1.807, 2.05) is 30.5 Å². The Labute approximate surface area is 222 Å². The van der Waals surface area contributed by atoms with E-state index in [4.69, 9.17) is 10.9 Å². The van der Waals surface area contributed by atoms with Crippen LogP contribution in [0.4, 0.5) is 5.69 Å². The second-order valence-corrected chi connectivity index (χ2v) is 11.5. The van der Waals surface area contributed by atoms with Crippen LogP contribution in [-0.2, 0) is 16.6 Å². The first-order valence-electron chi connectivity index (χ1n) is 12.3. The minimum Gasteiger partial charge on any atom is -0.409 e. The molecule has 0 aliphatic heterocycles. The number of aliphatic hydroxyl groups is 1.